The summed E-state index contributed by atoms with van der Waals surface area (Å²) in [6.45, 7) is 3.67. The summed E-state index contributed by atoms with van der Waals surface area (Å²) in [6.07, 6.45) is 4.77. The van der Waals surface area contributed by atoms with Crippen molar-refractivity contribution < 1.29 is 9.90 Å². The number of hydrogen-bond donors (Lipinski definition) is 1. The van der Waals surface area contributed by atoms with Crippen LogP contribution in [0.5, 0.6) is 0 Å². The smallest absolute Gasteiger partial charge is 0.339 e. The molecule has 0 amide bonds. The summed E-state index contributed by atoms with van der Waals surface area (Å²) in [6, 6.07) is 2.35. The summed E-state index contributed by atoms with van der Waals surface area (Å²) in [4.78, 5) is 17.8. The summed E-state index contributed by atoms with van der Waals surface area (Å²) >= 11 is 0. The van der Waals surface area contributed by atoms with Gasteiger partial charge in [-0.1, -0.05) is 12.8 Å². The first kappa shape index (κ1) is 12.9. The molecule has 18 heavy (non-hydrogen) atoms. The molecule has 0 spiro atoms. The molecular formula is C14H20N2O2. The molecule has 98 valence electrons. The van der Waals surface area contributed by atoms with Gasteiger partial charge in [0.05, 0.1) is 11.4 Å². The van der Waals surface area contributed by atoms with Crippen LogP contribution in [0.4, 0.5) is 5.69 Å². The van der Waals surface area contributed by atoms with Crippen molar-refractivity contribution in [3.05, 3.63) is 23.0 Å². The summed E-state index contributed by atoms with van der Waals surface area (Å²) in [5.41, 5.74) is 2.62. The van der Waals surface area contributed by atoms with Crippen molar-refractivity contribution in [2.75, 3.05) is 11.9 Å². The Morgan fingerprint density at radius 2 is 2.00 bits per heavy atom. The number of aromatic nitrogens is 1. The first-order valence-corrected chi connectivity index (χ1v) is 6.45. The van der Waals surface area contributed by atoms with E-state index in [-0.39, 0.29) is 0 Å². The number of rotatable bonds is 3. The summed E-state index contributed by atoms with van der Waals surface area (Å²) in [5, 5.41) is 9.36. The normalized spacial score (nSPS) is 15.9. The molecule has 1 aliphatic carbocycles. The van der Waals surface area contributed by atoms with Gasteiger partial charge in [-0.15, -0.1) is 0 Å². The summed E-state index contributed by atoms with van der Waals surface area (Å²) in [5.74, 6) is -0.889. The number of carboxylic acids is 1. The Kier molecular flexibility index (Phi) is 3.55. The van der Waals surface area contributed by atoms with Gasteiger partial charge in [0.15, 0.2) is 0 Å². The van der Waals surface area contributed by atoms with Gasteiger partial charge < -0.3 is 10.0 Å². The van der Waals surface area contributed by atoms with Crippen LogP contribution in [0.3, 0.4) is 0 Å². The Balaban J connectivity index is 2.44. The van der Waals surface area contributed by atoms with Crippen LogP contribution in [-0.2, 0) is 0 Å². The highest BCUT2D eigenvalue weighted by molar-refractivity contribution is 5.95. The topological polar surface area (TPSA) is 53.4 Å². The molecule has 1 aromatic heterocycles. The number of pyridine rings is 1. The number of hydrogen-bond acceptors (Lipinski definition) is 3. The van der Waals surface area contributed by atoms with Gasteiger partial charge >= 0.3 is 5.97 Å². The molecule has 2 rings (SSSR count). The van der Waals surface area contributed by atoms with Gasteiger partial charge in [0.25, 0.3) is 0 Å². The van der Waals surface area contributed by atoms with E-state index < -0.39 is 5.97 Å². The highest BCUT2D eigenvalue weighted by Crippen LogP contribution is 2.30. The molecule has 1 N–H and O–H groups in total. The van der Waals surface area contributed by atoms with E-state index in [9.17, 15) is 9.90 Å². The molecule has 1 aliphatic rings. The molecule has 0 saturated heterocycles. The van der Waals surface area contributed by atoms with Crippen molar-refractivity contribution >= 4 is 11.7 Å². The third-order valence-corrected chi connectivity index (χ3v) is 3.77. The van der Waals surface area contributed by atoms with Crippen molar-refractivity contribution in [3.8, 4) is 0 Å². The van der Waals surface area contributed by atoms with Crippen LogP contribution in [0.2, 0.25) is 0 Å². The number of aryl methyl sites for hydroxylation is 2. The van der Waals surface area contributed by atoms with E-state index in [1.807, 2.05) is 20.0 Å². The van der Waals surface area contributed by atoms with E-state index in [1.165, 1.54) is 12.8 Å². The third kappa shape index (κ3) is 2.33. The van der Waals surface area contributed by atoms with Gasteiger partial charge in [-0.25, -0.2) is 4.79 Å². The zero-order valence-corrected chi connectivity index (χ0v) is 11.2. The SMILES string of the molecule is Cc1cc(N(C)C2CCCC2)c(C(=O)O)c(C)n1. The van der Waals surface area contributed by atoms with Gasteiger partial charge in [-0.3, -0.25) is 4.98 Å². The zero-order valence-electron chi connectivity index (χ0n) is 11.2. The number of aromatic carboxylic acids is 1. The minimum absolute atomic E-state index is 0.343. The fraction of sp³-hybridized carbons (Fsp3) is 0.571. The van der Waals surface area contributed by atoms with E-state index in [2.05, 4.69) is 9.88 Å². The second-order valence-corrected chi connectivity index (χ2v) is 5.10. The second-order valence-electron chi connectivity index (χ2n) is 5.10. The molecule has 1 heterocycles. The van der Waals surface area contributed by atoms with Crippen molar-refractivity contribution in [2.24, 2.45) is 0 Å². The number of anilines is 1. The van der Waals surface area contributed by atoms with Gasteiger partial charge in [-0.05, 0) is 32.8 Å². The Labute approximate surface area is 108 Å². The number of nitrogens with zero attached hydrogens (tertiary/aromatic N) is 2. The predicted molar refractivity (Wildman–Crippen MR) is 71.3 cm³/mol. The highest BCUT2D eigenvalue weighted by atomic mass is 16.4. The van der Waals surface area contributed by atoms with Crippen molar-refractivity contribution in [1.29, 1.82) is 0 Å². The minimum atomic E-state index is -0.889. The fourth-order valence-corrected chi connectivity index (χ4v) is 2.84. The molecule has 0 radical (unpaired) electrons. The van der Waals surface area contributed by atoms with Crippen LogP contribution in [0, 0.1) is 13.8 Å². The minimum Gasteiger partial charge on any atom is -0.478 e. The average Bonchev–Trinajstić information content (AvgIpc) is 2.79. The lowest BCUT2D eigenvalue weighted by Gasteiger charge is -2.28. The van der Waals surface area contributed by atoms with Crippen molar-refractivity contribution in [1.82, 2.24) is 4.98 Å². The summed E-state index contributed by atoms with van der Waals surface area (Å²) in [7, 11) is 2.00. The number of carboxylic acid groups (broad SMARTS) is 1. The van der Waals surface area contributed by atoms with Crippen LogP contribution in [-0.4, -0.2) is 29.1 Å². The van der Waals surface area contributed by atoms with E-state index in [1.54, 1.807) is 6.92 Å². The molecule has 0 atom stereocenters. The lowest BCUT2D eigenvalue weighted by Crippen LogP contribution is -2.30. The van der Waals surface area contributed by atoms with Crippen LogP contribution >= 0.6 is 0 Å². The molecule has 0 bridgehead atoms. The van der Waals surface area contributed by atoms with Crippen LogP contribution in [0.1, 0.15) is 47.4 Å². The first-order valence-electron chi connectivity index (χ1n) is 6.45. The average molecular weight is 248 g/mol. The molecule has 4 heteroatoms. The quantitative estimate of drug-likeness (QED) is 0.893. The van der Waals surface area contributed by atoms with Gasteiger partial charge in [0.1, 0.15) is 5.56 Å². The fourth-order valence-electron chi connectivity index (χ4n) is 2.84. The molecule has 0 aliphatic heterocycles. The monoisotopic (exact) mass is 248 g/mol. The Morgan fingerprint density at radius 1 is 1.39 bits per heavy atom. The molecule has 4 nitrogen and oxygen atoms in total. The molecule has 0 unspecified atom stereocenters. The second kappa shape index (κ2) is 4.96. The lowest BCUT2D eigenvalue weighted by molar-refractivity contribution is 0.0696. The van der Waals surface area contributed by atoms with Gasteiger partial charge in [0, 0.05) is 18.8 Å². The van der Waals surface area contributed by atoms with E-state index in [0.29, 0.717) is 17.3 Å². The molecule has 0 aromatic carbocycles. The summed E-state index contributed by atoms with van der Waals surface area (Å²) < 4.78 is 0. The van der Waals surface area contributed by atoms with Crippen LogP contribution in [0.15, 0.2) is 6.07 Å². The maximum absolute atomic E-state index is 11.4. The zero-order chi connectivity index (χ0) is 13.3. The standard InChI is InChI=1S/C14H20N2O2/c1-9-8-12(13(14(17)18)10(2)15-9)16(3)11-6-4-5-7-11/h8,11H,4-7H2,1-3H3,(H,17,18). The van der Waals surface area contributed by atoms with E-state index in [4.69, 9.17) is 0 Å². The van der Waals surface area contributed by atoms with Crippen LogP contribution in [0.25, 0.3) is 0 Å². The van der Waals surface area contributed by atoms with Crippen molar-refractivity contribution in [3.63, 3.8) is 0 Å². The van der Waals surface area contributed by atoms with Gasteiger partial charge in [0.2, 0.25) is 0 Å². The van der Waals surface area contributed by atoms with Crippen LogP contribution < -0.4 is 4.90 Å². The Hall–Kier alpha value is -1.58. The predicted octanol–water partition coefficient (Wildman–Crippen LogP) is 2.78. The molecule has 1 aromatic rings. The van der Waals surface area contributed by atoms with Crippen molar-refractivity contribution in [2.45, 2.75) is 45.6 Å². The Bertz CT molecular complexity index is 465. The Morgan fingerprint density at radius 3 is 2.56 bits per heavy atom. The van der Waals surface area contributed by atoms with E-state index >= 15 is 0 Å². The lowest BCUT2D eigenvalue weighted by atomic mass is 10.1. The molecular weight excluding hydrogens is 228 g/mol. The van der Waals surface area contributed by atoms with Gasteiger partial charge in [-0.2, -0.15) is 0 Å². The maximum Gasteiger partial charge on any atom is 0.339 e. The molecule has 1 fully saturated rings. The maximum atomic E-state index is 11.4. The van der Waals surface area contributed by atoms with E-state index in [0.717, 1.165) is 24.2 Å². The largest absolute Gasteiger partial charge is 0.478 e. The number of carbonyl (C=O) groups is 1. The highest BCUT2D eigenvalue weighted by Gasteiger charge is 2.25. The third-order valence-electron chi connectivity index (χ3n) is 3.77. The first-order chi connectivity index (χ1) is 8.50. The molecule has 1 saturated carbocycles.